The second kappa shape index (κ2) is 8.32. The van der Waals surface area contributed by atoms with Crippen molar-refractivity contribution in [2.45, 2.75) is 43.1 Å². The number of carbonyl (C=O) groups is 2. The van der Waals surface area contributed by atoms with E-state index in [1.165, 1.54) is 0 Å². The number of nitrogens with zero attached hydrogens (tertiary/aromatic N) is 2. The monoisotopic (exact) mass is 508 g/mol. The molecule has 37 heavy (non-hydrogen) atoms. The molecule has 0 bridgehead atoms. The lowest BCUT2D eigenvalue weighted by atomic mass is 9.92. The van der Waals surface area contributed by atoms with Crippen LogP contribution in [0, 0.1) is 0 Å². The van der Waals surface area contributed by atoms with Crippen LogP contribution in [0.2, 0.25) is 5.02 Å². The fraction of sp³-hybridized carbons (Fsp3) is 0.233. The van der Waals surface area contributed by atoms with Gasteiger partial charge in [-0.2, -0.15) is 5.10 Å². The lowest BCUT2D eigenvalue weighted by Crippen LogP contribution is -2.32. The average Bonchev–Trinajstić information content (AvgIpc) is 3.83. The molecular formula is C30H25ClN4O2. The molecule has 3 aromatic carbocycles. The highest BCUT2D eigenvalue weighted by molar-refractivity contribution is 6.30. The SMILES string of the molecule is O=C(Nc1cc(C2CC2)n[nH]1)c1cccc(CN2C(=O)C3(C[C@H]3c3ccc(Cl)cc3)c3ccccc32)c1. The van der Waals surface area contributed by atoms with Crippen LogP contribution in [0.4, 0.5) is 11.5 Å². The van der Waals surface area contributed by atoms with Gasteiger partial charge >= 0.3 is 0 Å². The number of nitrogens with one attached hydrogen (secondary N) is 2. The van der Waals surface area contributed by atoms with E-state index in [4.69, 9.17) is 11.6 Å². The summed E-state index contributed by atoms with van der Waals surface area (Å²) in [5.74, 6) is 1.16. The third-order valence-corrected chi connectivity index (χ3v) is 8.16. The molecule has 1 aliphatic heterocycles. The molecule has 6 nitrogen and oxygen atoms in total. The van der Waals surface area contributed by atoms with Crippen molar-refractivity contribution in [3.63, 3.8) is 0 Å². The second-order valence-electron chi connectivity index (χ2n) is 10.3. The Bertz CT molecular complexity index is 1540. The molecule has 2 N–H and O–H groups in total. The number of carbonyl (C=O) groups excluding carboxylic acids is 2. The van der Waals surface area contributed by atoms with Crippen LogP contribution in [0.5, 0.6) is 0 Å². The zero-order chi connectivity index (χ0) is 25.1. The molecule has 1 spiro atoms. The number of aromatic amines is 1. The molecule has 2 saturated carbocycles. The Morgan fingerprint density at radius 1 is 1.05 bits per heavy atom. The number of amides is 2. The van der Waals surface area contributed by atoms with Crippen LogP contribution in [0.3, 0.4) is 0 Å². The van der Waals surface area contributed by atoms with Crippen molar-refractivity contribution < 1.29 is 9.59 Å². The number of benzene rings is 3. The maximum atomic E-state index is 13.9. The summed E-state index contributed by atoms with van der Waals surface area (Å²) in [5.41, 5.74) is 5.08. The Balaban J connectivity index is 1.13. The zero-order valence-electron chi connectivity index (χ0n) is 20.1. The summed E-state index contributed by atoms with van der Waals surface area (Å²) >= 11 is 6.10. The van der Waals surface area contributed by atoms with Gasteiger partial charge in [-0.3, -0.25) is 14.7 Å². The quantitative estimate of drug-likeness (QED) is 0.327. The van der Waals surface area contributed by atoms with E-state index >= 15 is 0 Å². The number of para-hydroxylation sites is 1. The first-order valence-electron chi connectivity index (χ1n) is 12.7. The van der Waals surface area contributed by atoms with Gasteiger partial charge in [0.25, 0.3) is 5.91 Å². The van der Waals surface area contributed by atoms with Crippen LogP contribution in [0.15, 0.2) is 78.9 Å². The van der Waals surface area contributed by atoms with Gasteiger partial charge in [-0.1, -0.05) is 54.1 Å². The Kier molecular flexibility index (Phi) is 5.01. The van der Waals surface area contributed by atoms with Crippen molar-refractivity contribution in [3.8, 4) is 0 Å². The van der Waals surface area contributed by atoms with E-state index < -0.39 is 5.41 Å². The van der Waals surface area contributed by atoms with Crippen molar-refractivity contribution in [2.24, 2.45) is 0 Å². The Labute approximate surface area is 219 Å². The second-order valence-corrected chi connectivity index (χ2v) is 10.8. The molecule has 184 valence electrons. The number of fused-ring (bicyclic) bond motifs is 2. The third kappa shape index (κ3) is 3.75. The highest BCUT2D eigenvalue weighted by atomic mass is 35.5. The summed E-state index contributed by atoms with van der Waals surface area (Å²) in [5, 5.41) is 10.8. The molecule has 2 atom stereocenters. The fourth-order valence-electron chi connectivity index (χ4n) is 5.78. The number of aromatic nitrogens is 2. The summed E-state index contributed by atoms with van der Waals surface area (Å²) in [6, 6.07) is 25.3. The molecule has 4 aromatic rings. The first-order chi connectivity index (χ1) is 18.0. The number of H-pyrrole nitrogens is 1. The van der Waals surface area contributed by atoms with Crippen molar-refractivity contribution >= 4 is 34.9 Å². The van der Waals surface area contributed by atoms with E-state index in [0.29, 0.717) is 28.9 Å². The van der Waals surface area contributed by atoms with Crippen molar-refractivity contribution in [1.82, 2.24) is 10.2 Å². The highest BCUT2D eigenvalue weighted by Gasteiger charge is 2.67. The standard InChI is InChI=1S/C30H25ClN4O2/c31-22-12-10-19(11-13-22)24-16-30(24)23-6-1-2-7-26(23)35(29(30)37)17-18-4-3-5-21(14-18)28(36)32-27-15-25(33-34-27)20-8-9-20/h1-7,10-15,20,24H,8-9,16-17H2,(H2,32,33,34,36)/t24-,30?/m0/s1. The maximum Gasteiger partial charge on any atom is 0.256 e. The minimum atomic E-state index is -0.528. The van der Waals surface area contributed by atoms with Gasteiger partial charge in [-0.25, -0.2) is 0 Å². The molecule has 2 amide bonds. The number of hydrogen-bond donors (Lipinski definition) is 2. The first kappa shape index (κ1) is 22.3. The van der Waals surface area contributed by atoms with E-state index in [0.717, 1.165) is 47.3 Å². The molecular weight excluding hydrogens is 484 g/mol. The normalized spacial score (nSPS) is 21.8. The fourth-order valence-corrected chi connectivity index (χ4v) is 5.91. The van der Waals surface area contributed by atoms with E-state index in [-0.39, 0.29) is 17.7 Å². The van der Waals surface area contributed by atoms with Gasteiger partial charge in [0.1, 0.15) is 5.82 Å². The van der Waals surface area contributed by atoms with Crippen LogP contribution in [-0.4, -0.2) is 22.0 Å². The van der Waals surface area contributed by atoms with Gasteiger partial charge in [0.05, 0.1) is 17.7 Å². The van der Waals surface area contributed by atoms with E-state index in [1.54, 1.807) is 6.07 Å². The first-order valence-corrected chi connectivity index (χ1v) is 13.0. The summed E-state index contributed by atoms with van der Waals surface area (Å²) in [6.07, 6.45) is 3.09. The summed E-state index contributed by atoms with van der Waals surface area (Å²) in [6.45, 7) is 0.405. The highest BCUT2D eigenvalue weighted by Crippen LogP contribution is 2.66. The third-order valence-electron chi connectivity index (χ3n) is 7.91. The number of anilines is 2. The zero-order valence-corrected chi connectivity index (χ0v) is 20.8. The van der Waals surface area contributed by atoms with Gasteiger partial charge < -0.3 is 10.2 Å². The number of rotatable bonds is 6. The van der Waals surface area contributed by atoms with Crippen LogP contribution in [-0.2, 0) is 16.8 Å². The largest absolute Gasteiger partial charge is 0.307 e. The number of hydrogen-bond acceptors (Lipinski definition) is 3. The maximum absolute atomic E-state index is 13.9. The van der Waals surface area contributed by atoms with Gasteiger partial charge in [0, 0.05) is 34.2 Å². The predicted molar refractivity (Wildman–Crippen MR) is 143 cm³/mol. The summed E-state index contributed by atoms with van der Waals surface area (Å²) in [4.78, 5) is 28.8. The van der Waals surface area contributed by atoms with Gasteiger partial charge in [-0.15, -0.1) is 0 Å². The van der Waals surface area contributed by atoms with Crippen LogP contribution in [0.25, 0.3) is 0 Å². The smallest absolute Gasteiger partial charge is 0.256 e. The van der Waals surface area contributed by atoms with Crippen LogP contribution >= 0.6 is 11.6 Å². The summed E-state index contributed by atoms with van der Waals surface area (Å²) in [7, 11) is 0. The summed E-state index contributed by atoms with van der Waals surface area (Å²) < 4.78 is 0. The van der Waals surface area contributed by atoms with Gasteiger partial charge in [0.15, 0.2) is 0 Å². The predicted octanol–water partition coefficient (Wildman–Crippen LogP) is 6.16. The molecule has 7 rings (SSSR count). The molecule has 2 heterocycles. The van der Waals surface area contributed by atoms with E-state index in [9.17, 15) is 9.59 Å². The number of halogens is 1. The molecule has 2 aliphatic carbocycles. The Morgan fingerprint density at radius 3 is 2.68 bits per heavy atom. The van der Waals surface area contributed by atoms with Crippen molar-refractivity contribution in [2.75, 3.05) is 10.2 Å². The minimum absolute atomic E-state index is 0.119. The molecule has 0 radical (unpaired) electrons. The Hall–Kier alpha value is -3.90. The topological polar surface area (TPSA) is 78.1 Å². The van der Waals surface area contributed by atoms with Crippen LogP contribution < -0.4 is 10.2 Å². The van der Waals surface area contributed by atoms with Gasteiger partial charge in [0.2, 0.25) is 5.91 Å². The molecule has 1 unspecified atom stereocenters. The van der Waals surface area contributed by atoms with Crippen molar-refractivity contribution in [3.05, 3.63) is 112 Å². The molecule has 2 fully saturated rings. The minimum Gasteiger partial charge on any atom is -0.307 e. The molecule has 3 aliphatic rings. The van der Waals surface area contributed by atoms with E-state index in [1.807, 2.05) is 71.6 Å². The average molecular weight is 509 g/mol. The molecule has 1 aromatic heterocycles. The lowest BCUT2D eigenvalue weighted by Gasteiger charge is -2.19. The van der Waals surface area contributed by atoms with Crippen molar-refractivity contribution in [1.29, 1.82) is 0 Å². The van der Waals surface area contributed by atoms with Crippen LogP contribution in [0.1, 0.15) is 63.8 Å². The molecule has 7 heteroatoms. The lowest BCUT2D eigenvalue weighted by molar-refractivity contribution is -0.120. The molecule has 0 saturated heterocycles. The van der Waals surface area contributed by atoms with Gasteiger partial charge in [-0.05, 0) is 66.3 Å². The van der Waals surface area contributed by atoms with E-state index in [2.05, 4.69) is 21.6 Å². The Morgan fingerprint density at radius 2 is 1.86 bits per heavy atom.